The van der Waals surface area contributed by atoms with Gasteiger partial charge in [-0.05, 0) is 6.07 Å². The van der Waals surface area contributed by atoms with Crippen LogP contribution in [-0.2, 0) is 9.31 Å². The Morgan fingerprint density at radius 1 is 1.00 bits per heavy atom. The van der Waals surface area contributed by atoms with Crippen LogP contribution >= 0.6 is 0 Å². The summed E-state index contributed by atoms with van der Waals surface area (Å²) in [5.41, 5.74) is -0.730. The van der Waals surface area contributed by atoms with Crippen LogP contribution in [0, 0.1) is 28.7 Å². The van der Waals surface area contributed by atoms with Crippen molar-refractivity contribution >= 4 is 12.6 Å². The fraction of sp³-hybridized carbons (Fsp3) is 0.455. The summed E-state index contributed by atoms with van der Waals surface area (Å²) in [4.78, 5) is 0. The van der Waals surface area contributed by atoms with Crippen LogP contribution in [0.4, 0.5) is 17.6 Å². The van der Waals surface area contributed by atoms with Gasteiger partial charge in [0.15, 0.2) is 23.3 Å². The second-order valence-corrected chi connectivity index (χ2v) is 5.01. The van der Waals surface area contributed by atoms with E-state index < -0.39 is 35.9 Å². The molecule has 0 aromatic heterocycles. The monoisotopic (exact) mass is 262 g/mol. The molecule has 0 atom stereocenters. The Balaban J connectivity index is 2.30. The molecular formula is C11H11BF4O2. The fourth-order valence-electron chi connectivity index (χ4n) is 1.63. The normalized spacial score (nSPS) is 19.1. The number of halogens is 4. The summed E-state index contributed by atoms with van der Waals surface area (Å²) < 4.78 is 62.7. The first kappa shape index (κ1) is 13.4. The van der Waals surface area contributed by atoms with E-state index in [9.17, 15) is 17.6 Å². The quantitative estimate of drug-likeness (QED) is 0.333. The molecule has 2 nitrogen and oxygen atoms in total. The van der Waals surface area contributed by atoms with Gasteiger partial charge in [0.2, 0.25) is 0 Å². The molecule has 0 spiro atoms. The van der Waals surface area contributed by atoms with Crippen molar-refractivity contribution in [2.24, 2.45) is 5.41 Å². The molecule has 1 fully saturated rings. The van der Waals surface area contributed by atoms with E-state index in [1.807, 2.05) is 13.8 Å². The van der Waals surface area contributed by atoms with Crippen molar-refractivity contribution in [3.63, 3.8) is 0 Å². The molecule has 0 saturated carbocycles. The molecule has 1 heterocycles. The van der Waals surface area contributed by atoms with Gasteiger partial charge in [-0.25, -0.2) is 17.6 Å². The summed E-state index contributed by atoms with van der Waals surface area (Å²) in [5, 5.41) is 0. The first-order chi connectivity index (χ1) is 8.32. The average molecular weight is 262 g/mol. The maximum atomic E-state index is 13.5. The number of benzene rings is 1. The molecule has 0 radical (unpaired) electrons. The smallest absolute Gasteiger partial charge is 0.407 e. The molecule has 0 amide bonds. The van der Waals surface area contributed by atoms with Crippen molar-refractivity contribution in [1.82, 2.24) is 0 Å². The molecule has 2 rings (SSSR count). The van der Waals surface area contributed by atoms with Crippen LogP contribution in [-0.4, -0.2) is 20.3 Å². The summed E-state index contributed by atoms with van der Waals surface area (Å²) >= 11 is 0. The lowest BCUT2D eigenvalue weighted by atomic mass is 9.75. The molecule has 1 aromatic rings. The Bertz CT molecular complexity index is 469. The van der Waals surface area contributed by atoms with Gasteiger partial charge in [0.05, 0.1) is 0 Å². The molecule has 0 N–H and O–H groups in total. The van der Waals surface area contributed by atoms with Gasteiger partial charge in [0.25, 0.3) is 0 Å². The second-order valence-electron chi connectivity index (χ2n) is 5.01. The highest BCUT2D eigenvalue weighted by Crippen LogP contribution is 2.22. The van der Waals surface area contributed by atoms with Crippen LogP contribution < -0.4 is 5.46 Å². The van der Waals surface area contributed by atoms with E-state index in [2.05, 4.69) is 0 Å². The van der Waals surface area contributed by atoms with Crippen LogP contribution in [0.5, 0.6) is 0 Å². The first-order valence-electron chi connectivity index (χ1n) is 5.38. The highest BCUT2D eigenvalue weighted by molar-refractivity contribution is 6.61. The van der Waals surface area contributed by atoms with E-state index >= 15 is 0 Å². The zero-order valence-corrected chi connectivity index (χ0v) is 9.90. The van der Waals surface area contributed by atoms with Crippen molar-refractivity contribution in [3.05, 3.63) is 29.3 Å². The largest absolute Gasteiger partial charge is 0.497 e. The van der Waals surface area contributed by atoms with Gasteiger partial charge in [-0.1, -0.05) is 13.8 Å². The third-order valence-corrected chi connectivity index (χ3v) is 2.64. The zero-order chi connectivity index (χ0) is 13.5. The molecule has 18 heavy (non-hydrogen) atoms. The minimum Gasteiger partial charge on any atom is -0.407 e. The molecular weight excluding hydrogens is 251 g/mol. The Morgan fingerprint density at radius 3 is 2.11 bits per heavy atom. The van der Waals surface area contributed by atoms with E-state index in [4.69, 9.17) is 9.31 Å². The lowest BCUT2D eigenvalue weighted by Gasteiger charge is -2.33. The zero-order valence-electron chi connectivity index (χ0n) is 9.90. The van der Waals surface area contributed by atoms with Gasteiger partial charge < -0.3 is 9.31 Å². The van der Waals surface area contributed by atoms with Crippen molar-refractivity contribution in [1.29, 1.82) is 0 Å². The Kier molecular flexibility index (Phi) is 3.38. The van der Waals surface area contributed by atoms with Crippen molar-refractivity contribution in [2.75, 3.05) is 13.2 Å². The van der Waals surface area contributed by atoms with Gasteiger partial charge >= 0.3 is 7.12 Å². The van der Waals surface area contributed by atoms with Crippen molar-refractivity contribution in [3.8, 4) is 0 Å². The van der Waals surface area contributed by atoms with Crippen LogP contribution in [0.3, 0.4) is 0 Å². The van der Waals surface area contributed by atoms with E-state index in [0.29, 0.717) is 6.07 Å². The molecule has 0 aliphatic carbocycles. The van der Waals surface area contributed by atoms with E-state index in [-0.39, 0.29) is 18.6 Å². The van der Waals surface area contributed by atoms with Gasteiger partial charge in [-0.2, -0.15) is 0 Å². The van der Waals surface area contributed by atoms with Gasteiger partial charge in [0, 0.05) is 24.1 Å². The summed E-state index contributed by atoms with van der Waals surface area (Å²) in [5.74, 6) is -6.66. The summed E-state index contributed by atoms with van der Waals surface area (Å²) in [7, 11) is -1.22. The first-order valence-corrected chi connectivity index (χ1v) is 5.38. The minimum absolute atomic E-state index is 0.248. The molecule has 98 valence electrons. The maximum absolute atomic E-state index is 13.5. The van der Waals surface area contributed by atoms with Crippen LogP contribution in [0.25, 0.3) is 0 Å². The minimum atomic E-state index is -1.86. The van der Waals surface area contributed by atoms with Crippen LogP contribution in [0.15, 0.2) is 6.07 Å². The number of rotatable bonds is 1. The molecule has 1 aliphatic heterocycles. The summed E-state index contributed by atoms with van der Waals surface area (Å²) in [6, 6.07) is 0.552. The third kappa shape index (κ3) is 2.37. The standard InChI is InChI=1S/C11H11BF4O2/c1-11(2)4-17-12(18-5-11)6-3-7(13)9(15)10(16)8(6)14/h3H,4-5H2,1-2H3. The van der Waals surface area contributed by atoms with Crippen LogP contribution in [0.1, 0.15) is 13.8 Å². The van der Waals surface area contributed by atoms with Gasteiger partial charge in [-0.3, -0.25) is 0 Å². The molecule has 7 heteroatoms. The molecule has 0 unspecified atom stereocenters. The molecule has 1 aliphatic rings. The summed E-state index contributed by atoms with van der Waals surface area (Å²) in [6.45, 7) is 4.23. The van der Waals surface area contributed by atoms with E-state index in [1.165, 1.54) is 0 Å². The Morgan fingerprint density at radius 2 is 1.56 bits per heavy atom. The van der Waals surface area contributed by atoms with Gasteiger partial charge in [0.1, 0.15) is 0 Å². The molecule has 1 aromatic carbocycles. The maximum Gasteiger partial charge on any atom is 0.497 e. The summed E-state index contributed by atoms with van der Waals surface area (Å²) in [6.07, 6.45) is 0. The van der Waals surface area contributed by atoms with E-state index in [1.54, 1.807) is 0 Å². The lowest BCUT2D eigenvalue weighted by Crippen LogP contribution is -2.49. The predicted octanol–water partition coefficient (Wildman–Crippen LogP) is 2.01. The SMILES string of the molecule is CC1(C)COB(c2cc(F)c(F)c(F)c2F)OC1. The topological polar surface area (TPSA) is 18.5 Å². The fourth-order valence-corrected chi connectivity index (χ4v) is 1.63. The van der Waals surface area contributed by atoms with Crippen LogP contribution in [0.2, 0.25) is 0 Å². The highest BCUT2D eigenvalue weighted by atomic mass is 19.2. The Hall–Kier alpha value is -1.08. The van der Waals surface area contributed by atoms with E-state index in [0.717, 1.165) is 0 Å². The second kappa shape index (κ2) is 4.55. The lowest BCUT2D eigenvalue weighted by molar-refractivity contribution is 0.0339. The van der Waals surface area contributed by atoms with Crippen molar-refractivity contribution in [2.45, 2.75) is 13.8 Å². The molecule has 0 bridgehead atoms. The number of hydrogen-bond acceptors (Lipinski definition) is 2. The van der Waals surface area contributed by atoms with Crippen molar-refractivity contribution < 1.29 is 26.9 Å². The highest BCUT2D eigenvalue weighted by Gasteiger charge is 2.37. The Labute approximate surface area is 102 Å². The number of hydrogen-bond donors (Lipinski definition) is 0. The average Bonchev–Trinajstić information content (AvgIpc) is 2.32. The van der Waals surface area contributed by atoms with Gasteiger partial charge in [-0.15, -0.1) is 0 Å². The molecule has 1 saturated heterocycles. The predicted molar refractivity (Wildman–Crippen MR) is 57.3 cm³/mol. The third-order valence-electron chi connectivity index (χ3n) is 2.64.